The van der Waals surface area contributed by atoms with Gasteiger partial charge in [0.05, 0.1) is 11.3 Å². The summed E-state index contributed by atoms with van der Waals surface area (Å²) < 4.78 is 27.5. The highest BCUT2D eigenvalue weighted by atomic mass is 32.2. The molecule has 0 aromatic heterocycles. The number of carbonyl (C=O) groups excluding carboxylic acids is 1. The van der Waals surface area contributed by atoms with E-state index in [1.807, 2.05) is 0 Å². The number of carbonyl (C=O) groups is 2. The van der Waals surface area contributed by atoms with Crippen LogP contribution in [0.1, 0.15) is 29.6 Å². The van der Waals surface area contributed by atoms with E-state index >= 15 is 0 Å². The van der Waals surface area contributed by atoms with Crippen molar-refractivity contribution in [2.45, 2.75) is 24.2 Å². The molecule has 1 saturated carbocycles. The molecule has 0 spiro atoms. The van der Waals surface area contributed by atoms with Crippen molar-refractivity contribution < 1.29 is 23.1 Å². The molecule has 4 atom stereocenters. The molecule has 2 bridgehead atoms. The number of Topliss-reactive ketones (excluding diaryl/α,β-unsaturated/α-hetero) is 1. The van der Waals surface area contributed by atoms with Crippen LogP contribution < -0.4 is 0 Å². The molecule has 138 valence electrons. The fourth-order valence-electron chi connectivity index (χ4n) is 4.64. The number of rotatable bonds is 6. The topological polar surface area (TPSA) is 91.7 Å². The number of sulfonamides is 1. The first-order chi connectivity index (χ1) is 12.4. The average molecular weight is 375 g/mol. The van der Waals surface area contributed by atoms with Gasteiger partial charge in [-0.3, -0.25) is 9.59 Å². The predicted molar refractivity (Wildman–Crippen MR) is 94.1 cm³/mol. The van der Waals surface area contributed by atoms with Crippen molar-refractivity contribution in [3.63, 3.8) is 0 Å². The summed E-state index contributed by atoms with van der Waals surface area (Å²) in [6.45, 7) is 1.13. The molecule has 4 rings (SSSR count). The van der Waals surface area contributed by atoms with Gasteiger partial charge in [0.1, 0.15) is 0 Å². The zero-order chi connectivity index (χ0) is 18.5. The number of fused-ring (bicyclic) bond motifs is 5. The Balaban J connectivity index is 1.47. The third-order valence-corrected chi connectivity index (χ3v) is 7.85. The van der Waals surface area contributed by atoms with Crippen LogP contribution in [0.2, 0.25) is 0 Å². The van der Waals surface area contributed by atoms with Gasteiger partial charge >= 0.3 is 5.97 Å². The van der Waals surface area contributed by atoms with Crippen LogP contribution in [0, 0.1) is 23.7 Å². The van der Waals surface area contributed by atoms with Gasteiger partial charge in [0, 0.05) is 25.1 Å². The molecule has 1 heterocycles. The van der Waals surface area contributed by atoms with Crippen LogP contribution in [0.15, 0.2) is 41.3 Å². The van der Waals surface area contributed by atoms with Crippen LogP contribution in [0.25, 0.3) is 0 Å². The Hall–Kier alpha value is -1.99. The van der Waals surface area contributed by atoms with Gasteiger partial charge in [0.25, 0.3) is 0 Å². The van der Waals surface area contributed by atoms with Crippen molar-refractivity contribution in [2.75, 3.05) is 13.1 Å². The van der Waals surface area contributed by atoms with Crippen LogP contribution in [0.3, 0.4) is 0 Å². The zero-order valence-corrected chi connectivity index (χ0v) is 15.1. The first-order valence-electron chi connectivity index (χ1n) is 8.90. The highest BCUT2D eigenvalue weighted by molar-refractivity contribution is 7.89. The summed E-state index contributed by atoms with van der Waals surface area (Å²) in [4.78, 5) is 22.7. The number of benzene rings is 1. The molecule has 1 aromatic carbocycles. The molecule has 0 radical (unpaired) electrons. The molecule has 0 amide bonds. The van der Waals surface area contributed by atoms with E-state index in [2.05, 4.69) is 12.2 Å². The molecule has 26 heavy (non-hydrogen) atoms. The van der Waals surface area contributed by atoms with Crippen LogP contribution in [0.5, 0.6) is 0 Å². The maximum atomic E-state index is 12.9. The lowest BCUT2D eigenvalue weighted by Gasteiger charge is -2.18. The average Bonchev–Trinajstić information content (AvgIpc) is 3.32. The minimum atomic E-state index is -3.57. The van der Waals surface area contributed by atoms with E-state index in [0.717, 1.165) is 6.42 Å². The molecule has 1 N–H and O–H groups in total. The smallest absolute Gasteiger partial charge is 0.303 e. The Morgan fingerprint density at radius 2 is 1.58 bits per heavy atom. The highest BCUT2D eigenvalue weighted by Gasteiger charge is 2.51. The lowest BCUT2D eigenvalue weighted by molar-refractivity contribution is -0.136. The first-order valence-corrected chi connectivity index (χ1v) is 10.3. The van der Waals surface area contributed by atoms with Gasteiger partial charge in [-0.2, -0.15) is 4.31 Å². The van der Waals surface area contributed by atoms with Crippen molar-refractivity contribution in [3.05, 3.63) is 42.0 Å². The Morgan fingerprint density at radius 3 is 2.12 bits per heavy atom. The fourth-order valence-corrected chi connectivity index (χ4v) is 6.15. The maximum absolute atomic E-state index is 12.9. The van der Waals surface area contributed by atoms with Gasteiger partial charge in [0.2, 0.25) is 10.0 Å². The molecule has 2 fully saturated rings. The van der Waals surface area contributed by atoms with Gasteiger partial charge in [-0.05, 0) is 42.2 Å². The van der Waals surface area contributed by atoms with E-state index in [4.69, 9.17) is 5.11 Å². The quantitative estimate of drug-likeness (QED) is 0.608. The van der Waals surface area contributed by atoms with Gasteiger partial charge < -0.3 is 5.11 Å². The normalized spacial score (nSPS) is 29.8. The summed E-state index contributed by atoms with van der Waals surface area (Å²) in [6.07, 6.45) is 5.31. The Morgan fingerprint density at radius 1 is 1.00 bits per heavy atom. The van der Waals surface area contributed by atoms with E-state index in [1.54, 1.807) is 4.31 Å². The van der Waals surface area contributed by atoms with E-state index in [0.29, 0.717) is 42.3 Å². The Bertz CT molecular complexity index is 854. The molecule has 7 heteroatoms. The zero-order valence-electron chi connectivity index (χ0n) is 14.2. The molecule has 2 unspecified atom stereocenters. The van der Waals surface area contributed by atoms with Gasteiger partial charge in [0.15, 0.2) is 5.78 Å². The minimum Gasteiger partial charge on any atom is -0.481 e. The summed E-state index contributed by atoms with van der Waals surface area (Å²) in [5.41, 5.74) is 0.339. The highest BCUT2D eigenvalue weighted by Crippen LogP contribution is 2.52. The van der Waals surface area contributed by atoms with Gasteiger partial charge in [-0.1, -0.05) is 24.3 Å². The van der Waals surface area contributed by atoms with E-state index < -0.39 is 16.0 Å². The number of ketones is 1. The van der Waals surface area contributed by atoms with E-state index in [-0.39, 0.29) is 23.5 Å². The summed E-state index contributed by atoms with van der Waals surface area (Å²) in [5, 5.41) is 8.65. The molecular formula is C19H21NO5S. The first kappa shape index (κ1) is 17.4. The van der Waals surface area contributed by atoms with Gasteiger partial charge in [-0.25, -0.2) is 8.42 Å². The van der Waals surface area contributed by atoms with Gasteiger partial charge in [-0.15, -0.1) is 0 Å². The van der Waals surface area contributed by atoms with E-state index in [9.17, 15) is 18.0 Å². The summed E-state index contributed by atoms with van der Waals surface area (Å²) >= 11 is 0. The summed E-state index contributed by atoms with van der Waals surface area (Å²) in [5.74, 6) is 0.558. The molecule has 1 aliphatic heterocycles. The number of hydrogen-bond acceptors (Lipinski definition) is 4. The van der Waals surface area contributed by atoms with Crippen LogP contribution in [-0.2, 0) is 14.8 Å². The lowest BCUT2D eigenvalue weighted by Crippen LogP contribution is -2.30. The molecule has 3 aliphatic rings. The van der Waals surface area contributed by atoms with Crippen molar-refractivity contribution >= 4 is 21.8 Å². The number of aliphatic carboxylic acids is 1. The number of allylic oxidation sites excluding steroid dienone is 2. The third-order valence-electron chi connectivity index (χ3n) is 6.01. The molecule has 1 aromatic rings. The molecule has 1 saturated heterocycles. The second-order valence-electron chi connectivity index (χ2n) is 7.44. The second-order valence-corrected chi connectivity index (χ2v) is 9.38. The molecule has 2 aliphatic carbocycles. The molecular weight excluding hydrogens is 354 g/mol. The number of hydrogen-bond donors (Lipinski definition) is 1. The monoisotopic (exact) mass is 375 g/mol. The van der Waals surface area contributed by atoms with E-state index in [1.165, 1.54) is 24.3 Å². The van der Waals surface area contributed by atoms with Crippen molar-refractivity contribution in [3.8, 4) is 0 Å². The summed E-state index contributed by atoms with van der Waals surface area (Å²) in [7, 11) is -3.57. The van der Waals surface area contributed by atoms with Crippen LogP contribution in [-0.4, -0.2) is 42.7 Å². The Kier molecular flexibility index (Phi) is 4.23. The lowest BCUT2D eigenvalue weighted by atomic mass is 9.86. The predicted octanol–water partition coefficient (Wildman–Crippen LogP) is 2.18. The molecule has 6 nitrogen and oxygen atoms in total. The SMILES string of the molecule is O=C(O)CCC(=O)c1ccc(S(=O)(=O)N2C[C@@H]3C4C=CC(C4)[C@@H]3C2)cc1. The largest absolute Gasteiger partial charge is 0.481 e. The summed E-state index contributed by atoms with van der Waals surface area (Å²) in [6, 6.07) is 5.84. The van der Waals surface area contributed by atoms with Crippen LogP contribution in [0.4, 0.5) is 0 Å². The van der Waals surface area contributed by atoms with Crippen molar-refractivity contribution in [1.82, 2.24) is 4.31 Å². The third kappa shape index (κ3) is 2.89. The minimum absolute atomic E-state index is 0.0906. The van der Waals surface area contributed by atoms with Crippen molar-refractivity contribution in [2.24, 2.45) is 23.7 Å². The maximum Gasteiger partial charge on any atom is 0.303 e. The van der Waals surface area contributed by atoms with Crippen molar-refractivity contribution in [1.29, 1.82) is 0 Å². The number of nitrogens with zero attached hydrogens (tertiary/aromatic N) is 1. The van der Waals surface area contributed by atoms with Crippen LogP contribution >= 0.6 is 0 Å². The number of carboxylic acids is 1. The Labute approximate surface area is 152 Å². The second kappa shape index (κ2) is 6.32. The number of carboxylic acid groups (broad SMARTS) is 1. The standard InChI is InChI=1S/C19H21NO5S/c21-18(7-8-19(22)23)12-3-5-15(6-4-12)26(24,25)20-10-16-13-1-2-14(9-13)17(16)11-20/h1-6,13-14,16-17H,7-11H2,(H,22,23)/t13?,14?,16-,17+. The fraction of sp³-hybridized carbons (Fsp3) is 0.474.